The summed E-state index contributed by atoms with van der Waals surface area (Å²) in [5.74, 6) is 0. The molecule has 0 saturated carbocycles. The van der Waals surface area contributed by atoms with Crippen LogP contribution < -0.4 is 20.9 Å². The number of H-pyrrole nitrogens is 1. The van der Waals surface area contributed by atoms with Crippen molar-refractivity contribution in [2.45, 2.75) is 102 Å². The smallest absolute Gasteiger partial charge is 0.366 e. The van der Waals surface area contributed by atoms with Crippen LogP contribution in [0.1, 0.15) is 85.8 Å². The van der Waals surface area contributed by atoms with Crippen LogP contribution in [-0.2, 0) is 32.2 Å². The van der Waals surface area contributed by atoms with Crippen LogP contribution in [0.4, 0.5) is 37.7 Å². The number of hydrogen-bond donors (Lipinski definition) is 1. The fraction of sp³-hybridized carbons (Fsp3) is 0.514. The molecule has 1 N–H and O–H groups in total. The largest absolute Gasteiger partial charge is 0.417 e. The van der Waals surface area contributed by atoms with Gasteiger partial charge in [-0.25, -0.2) is 0 Å². The Morgan fingerprint density at radius 3 is 1.71 bits per heavy atom. The first-order valence-electron chi connectivity index (χ1n) is 16.9. The first-order chi connectivity index (χ1) is 22.8. The first-order valence-corrected chi connectivity index (χ1v) is 16.9. The molecule has 49 heavy (non-hydrogen) atoms. The molecule has 2 unspecified atom stereocenters. The molecular formula is C37H40F6N4O2. The Bertz CT molecular complexity index is 2150. The molecule has 8 rings (SSSR count). The van der Waals surface area contributed by atoms with Gasteiger partial charge in [-0.3, -0.25) is 9.59 Å². The monoisotopic (exact) mass is 686 g/mol. The van der Waals surface area contributed by atoms with Crippen LogP contribution in [0.2, 0.25) is 0 Å². The van der Waals surface area contributed by atoms with E-state index in [9.17, 15) is 35.9 Å². The minimum atomic E-state index is -4.54. The number of fused-ring (bicyclic) bond motifs is 8. The highest BCUT2D eigenvalue weighted by atomic mass is 19.4. The van der Waals surface area contributed by atoms with Crippen LogP contribution in [0.5, 0.6) is 0 Å². The van der Waals surface area contributed by atoms with Crippen molar-refractivity contribution >= 4 is 33.2 Å². The third-order valence-electron chi connectivity index (χ3n) is 11.8. The molecule has 2 atom stereocenters. The van der Waals surface area contributed by atoms with Gasteiger partial charge < -0.3 is 19.4 Å². The Balaban J connectivity index is 0.000000154. The van der Waals surface area contributed by atoms with E-state index < -0.39 is 34.6 Å². The van der Waals surface area contributed by atoms with Crippen molar-refractivity contribution in [3.63, 3.8) is 0 Å². The molecule has 2 aromatic carbocycles. The summed E-state index contributed by atoms with van der Waals surface area (Å²) in [7, 11) is 1.55. The molecule has 0 radical (unpaired) electrons. The molecular weight excluding hydrogens is 646 g/mol. The van der Waals surface area contributed by atoms with E-state index in [1.54, 1.807) is 31.3 Å². The topological polar surface area (TPSA) is 61.3 Å². The molecule has 12 heteroatoms. The molecule has 2 saturated heterocycles. The van der Waals surface area contributed by atoms with Gasteiger partial charge in [-0.05, 0) is 114 Å². The number of anilines is 2. The van der Waals surface area contributed by atoms with Gasteiger partial charge in [0.1, 0.15) is 0 Å². The third-order valence-corrected chi connectivity index (χ3v) is 11.8. The van der Waals surface area contributed by atoms with Gasteiger partial charge >= 0.3 is 12.4 Å². The van der Waals surface area contributed by atoms with Crippen molar-refractivity contribution < 1.29 is 26.3 Å². The predicted octanol–water partition coefficient (Wildman–Crippen LogP) is 8.33. The Labute approximate surface area is 279 Å². The van der Waals surface area contributed by atoms with Crippen molar-refractivity contribution in [3.05, 3.63) is 78.4 Å². The van der Waals surface area contributed by atoms with Gasteiger partial charge in [0.2, 0.25) is 0 Å². The highest BCUT2D eigenvalue weighted by molar-refractivity contribution is 5.90. The van der Waals surface area contributed by atoms with Gasteiger partial charge in [0.15, 0.2) is 0 Å². The maximum atomic E-state index is 13.6. The van der Waals surface area contributed by atoms with Crippen molar-refractivity contribution in [2.75, 3.05) is 22.9 Å². The fourth-order valence-electron chi connectivity index (χ4n) is 9.07. The number of pyridine rings is 2. The molecule has 0 amide bonds. The molecule has 6 heterocycles. The second-order valence-electron chi connectivity index (χ2n) is 14.8. The summed E-state index contributed by atoms with van der Waals surface area (Å²) in [5.41, 5.74) is 1.31. The Kier molecular flexibility index (Phi) is 7.54. The Morgan fingerprint density at radius 1 is 0.694 bits per heavy atom. The van der Waals surface area contributed by atoms with Gasteiger partial charge in [0.05, 0.1) is 22.2 Å². The van der Waals surface area contributed by atoms with Gasteiger partial charge in [-0.1, -0.05) is 0 Å². The van der Waals surface area contributed by atoms with E-state index in [1.807, 2.05) is 0 Å². The molecule has 0 bridgehead atoms. The van der Waals surface area contributed by atoms with E-state index in [2.05, 4.69) is 28.6 Å². The summed E-state index contributed by atoms with van der Waals surface area (Å²) >= 11 is 0. The summed E-state index contributed by atoms with van der Waals surface area (Å²) in [6.45, 7) is 8.77. The van der Waals surface area contributed by atoms with Crippen molar-refractivity contribution in [3.8, 4) is 0 Å². The molecule has 262 valence electrons. The van der Waals surface area contributed by atoms with E-state index in [4.69, 9.17) is 0 Å². The van der Waals surface area contributed by atoms with Crippen LogP contribution in [0, 0.1) is 13.8 Å². The number of rotatable bonds is 0. The maximum absolute atomic E-state index is 13.6. The summed E-state index contributed by atoms with van der Waals surface area (Å²) in [5, 5.41) is 0.231. The molecule has 6 nitrogen and oxygen atoms in total. The number of aromatic amines is 1. The van der Waals surface area contributed by atoms with Crippen LogP contribution in [0.15, 0.2) is 33.9 Å². The van der Waals surface area contributed by atoms with Gasteiger partial charge in [0, 0.05) is 64.5 Å². The number of nitrogens with one attached hydrogen (secondary N) is 1. The minimum absolute atomic E-state index is 0.0805. The SMILES string of the molecule is Cc1c(C(F)(F)F)c2cc3c(cc2[nH]c1=O)N1CCCC1(C)CC3.Cc1c(C(F)(F)F)c2cc3c(cc2n(C)c1=O)N1CCCC1(C)CC3. The normalized spacial score (nSPS) is 23.2. The average molecular weight is 687 g/mol. The van der Waals surface area contributed by atoms with Crippen LogP contribution in [0.3, 0.4) is 0 Å². The molecule has 2 fully saturated rings. The molecule has 4 aliphatic heterocycles. The standard InChI is InChI=1S/C19H21F3N2O.C18H19F3N2O/c1-11-16(19(20,21)22)13-9-12-5-7-18(2)6-4-8-24(18)14(12)10-15(13)23(3)17(11)25;1-10-15(18(19,20)21)12-8-11-4-6-17(2)5-3-7-23(17)14(11)9-13(12)22-16(10)24/h9-10H,4-8H2,1-3H3;8-9H,3-7H2,1-2H3,(H,22,24). The minimum Gasteiger partial charge on any atom is -0.366 e. The number of alkyl halides is 6. The van der Waals surface area contributed by atoms with Crippen molar-refractivity contribution in [1.82, 2.24) is 9.55 Å². The van der Waals surface area contributed by atoms with Gasteiger partial charge in [-0.15, -0.1) is 0 Å². The molecule has 2 aromatic heterocycles. The zero-order chi connectivity index (χ0) is 35.4. The van der Waals surface area contributed by atoms with E-state index in [0.717, 1.165) is 87.0 Å². The highest BCUT2D eigenvalue weighted by Gasteiger charge is 2.43. The summed E-state index contributed by atoms with van der Waals surface area (Å²) in [4.78, 5) is 31.6. The Hall–Kier alpha value is -3.96. The molecule has 4 aromatic rings. The van der Waals surface area contributed by atoms with Crippen LogP contribution >= 0.6 is 0 Å². The van der Waals surface area contributed by atoms with Crippen LogP contribution in [-0.4, -0.2) is 33.7 Å². The van der Waals surface area contributed by atoms with Crippen molar-refractivity contribution in [2.24, 2.45) is 7.05 Å². The fourth-order valence-corrected chi connectivity index (χ4v) is 9.07. The quantitative estimate of drug-likeness (QED) is 0.189. The lowest BCUT2D eigenvalue weighted by Gasteiger charge is -2.42. The number of benzene rings is 2. The third kappa shape index (κ3) is 5.23. The molecule has 0 spiro atoms. The Morgan fingerprint density at radius 2 is 1.18 bits per heavy atom. The molecule has 4 aliphatic rings. The van der Waals surface area contributed by atoms with E-state index in [-0.39, 0.29) is 38.5 Å². The lowest BCUT2D eigenvalue weighted by Crippen LogP contribution is -2.44. The first kappa shape index (κ1) is 33.5. The maximum Gasteiger partial charge on any atom is 0.417 e. The van der Waals surface area contributed by atoms with Crippen molar-refractivity contribution in [1.29, 1.82) is 0 Å². The predicted molar refractivity (Wildman–Crippen MR) is 180 cm³/mol. The number of aryl methyl sites for hydroxylation is 3. The number of nitrogens with zero attached hydrogens (tertiary/aromatic N) is 3. The van der Waals surface area contributed by atoms with Gasteiger partial charge in [0.25, 0.3) is 11.1 Å². The summed E-state index contributed by atoms with van der Waals surface area (Å²) in [6, 6.07) is 6.83. The van der Waals surface area contributed by atoms with E-state index in [1.165, 1.54) is 18.4 Å². The average Bonchev–Trinajstić information content (AvgIpc) is 3.61. The van der Waals surface area contributed by atoms with Gasteiger partial charge in [-0.2, -0.15) is 26.3 Å². The zero-order valence-corrected chi connectivity index (χ0v) is 28.3. The summed E-state index contributed by atoms with van der Waals surface area (Å²) in [6.07, 6.45) is -1.24. The second kappa shape index (κ2) is 11.0. The lowest BCUT2D eigenvalue weighted by atomic mass is 9.84. The number of hydrogen-bond acceptors (Lipinski definition) is 4. The van der Waals surface area contributed by atoms with E-state index in [0.29, 0.717) is 5.52 Å². The second-order valence-corrected chi connectivity index (χ2v) is 14.8. The lowest BCUT2D eigenvalue weighted by molar-refractivity contribution is -0.137. The molecule has 0 aliphatic carbocycles. The number of halogens is 6. The summed E-state index contributed by atoms with van der Waals surface area (Å²) < 4.78 is 82.8. The van der Waals surface area contributed by atoms with E-state index >= 15 is 0 Å². The zero-order valence-electron chi connectivity index (χ0n) is 28.3. The number of aromatic nitrogens is 2. The highest BCUT2D eigenvalue weighted by Crippen LogP contribution is 2.47. The van der Waals surface area contributed by atoms with Crippen LogP contribution in [0.25, 0.3) is 21.8 Å².